The number of aryl methyl sites for hydroxylation is 1. The SMILES string of the molecule is Cc1cccc(OCC(=O)NNC(=S)NC(=O)/C=C/c2ccc(F)cc2)c1. The van der Waals surface area contributed by atoms with Crippen LogP contribution in [0.4, 0.5) is 4.39 Å². The van der Waals surface area contributed by atoms with Gasteiger partial charge in [0.2, 0.25) is 5.91 Å². The summed E-state index contributed by atoms with van der Waals surface area (Å²) in [5, 5.41) is 2.29. The molecule has 0 atom stereocenters. The predicted octanol–water partition coefficient (Wildman–Crippen LogP) is 2.25. The summed E-state index contributed by atoms with van der Waals surface area (Å²) in [5.74, 6) is -0.742. The highest BCUT2D eigenvalue weighted by Gasteiger charge is 2.05. The van der Waals surface area contributed by atoms with Crippen molar-refractivity contribution in [2.45, 2.75) is 6.92 Å². The van der Waals surface area contributed by atoms with Crippen LogP contribution in [0.3, 0.4) is 0 Å². The average Bonchev–Trinajstić information content (AvgIpc) is 2.64. The van der Waals surface area contributed by atoms with E-state index in [4.69, 9.17) is 17.0 Å². The van der Waals surface area contributed by atoms with Gasteiger partial charge in [-0.2, -0.15) is 0 Å². The molecule has 2 aromatic carbocycles. The largest absolute Gasteiger partial charge is 0.484 e. The molecule has 0 heterocycles. The van der Waals surface area contributed by atoms with E-state index in [1.165, 1.54) is 36.4 Å². The minimum absolute atomic E-state index is 0.0762. The lowest BCUT2D eigenvalue weighted by Crippen LogP contribution is -2.49. The molecule has 8 heteroatoms. The molecular formula is C19H18FN3O3S. The fourth-order valence-corrected chi connectivity index (χ4v) is 2.10. The van der Waals surface area contributed by atoms with Crippen LogP contribution < -0.4 is 20.9 Å². The van der Waals surface area contributed by atoms with E-state index >= 15 is 0 Å². The Balaban J connectivity index is 1.69. The topological polar surface area (TPSA) is 79.5 Å². The number of nitrogens with one attached hydrogen (secondary N) is 3. The van der Waals surface area contributed by atoms with Crippen LogP contribution in [0.2, 0.25) is 0 Å². The van der Waals surface area contributed by atoms with E-state index in [2.05, 4.69) is 16.2 Å². The van der Waals surface area contributed by atoms with Crippen LogP contribution in [0.25, 0.3) is 6.08 Å². The Morgan fingerprint density at radius 2 is 1.89 bits per heavy atom. The number of halogens is 1. The van der Waals surface area contributed by atoms with Gasteiger partial charge in [-0.25, -0.2) is 4.39 Å². The molecule has 0 aromatic heterocycles. The van der Waals surface area contributed by atoms with Gasteiger partial charge in [0, 0.05) is 6.08 Å². The summed E-state index contributed by atoms with van der Waals surface area (Å²) in [6.07, 6.45) is 2.75. The third-order valence-corrected chi connectivity index (χ3v) is 3.41. The van der Waals surface area contributed by atoms with Gasteiger partial charge in [0.15, 0.2) is 11.7 Å². The van der Waals surface area contributed by atoms with E-state index < -0.39 is 11.8 Å². The number of carbonyl (C=O) groups excluding carboxylic acids is 2. The normalized spacial score (nSPS) is 10.3. The second kappa shape index (κ2) is 10.0. The molecule has 0 fully saturated rings. The highest BCUT2D eigenvalue weighted by Crippen LogP contribution is 2.11. The fourth-order valence-electron chi connectivity index (χ4n) is 1.95. The van der Waals surface area contributed by atoms with Crippen LogP contribution in [0.1, 0.15) is 11.1 Å². The van der Waals surface area contributed by atoms with E-state index in [0.29, 0.717) is 11.3 Å². The molecule has 0 bridgehead atoms. The third-order valence-electron chi connectivity index (χ3n) is 3.21. The van der Waals surface area contributed by atoms with Gasteiger partial charge in [0.25, 0.3) is 5.91 Å². The molecule has 0 spiro atoms. The van der Waals surface area contributed by atoms with Crippen LogP contribution in [0, 0.1) is 12.7 Å². The summed E-state index contributed by atoms with van der Waals surface area (Å²) < 4.78 is 18.1. The number of thiocarbonyl (C=S) groups is 1. The number of amides is 2. The van der Waals surface area contributed by atoms with E-state index in [1.807, 2.05) is 19.1 Å². The van der Waals surface area contributed by atoms with Crippen molar-refractivity contribution in [1.82, 2.24) is 16.2 Å². The first-order valence-corrected chi connectivity index (χ1v) is 8.36. The Bertz CT molecular complexity index is 854. The molecule has 2 aromatic rings. The summed E-state index contributed by atoms with van der Waals surface area (Å²) in [5.41, 5.74) is 6.40. The first-order chi connectivity index (χ1) is 12.9. The van der Waals surface area contributed by atoms with Gasteiger partial charge >= 0.3 is 0 Å². The second-order valence-electron chi connectivity index (χ2n) is 5.48. The first-order valence-electron chi connectivity index (χ1n) is 7.95. The van der Waals surface area contributed by atoms with Crippen molar-refractivity contribution in [2.75, 3.05) is 6.61 Å². The van der Waals surface area contributed by atoms with Crippen molar-refractivity contribution in [1.29, 1.82) is 0 Å². The van der Waals surface area contributed by atoms with Crippen LogP contribution in [-0.4, -0.2) is 23.5 Å². The molecule has 0 saturated heterocycles. The quantitative estimate of drug-likeness (QED) is 0.417. The second-order valence-corrected chi connectivity index (χ2v) is 5.89. The molecule has 0 aliphatic rings. The van der Waals surface area contributed by atoms with Gasteiger partial charge in [-0.3, -0.25) is 25.8 Å². The van der Waals surface area contributed by atoms with Crippen molar-refractivity contribution in [3.63, 3.8) is 0 Å². The number of carbonyl (C=O) groups is 2. The van der Waals surface area contributed by atoms with E-state index in [9.17, 15) is 14.0 Å². The Kier molecular flexibility index (Phi) is 7.45. The van der Waals surface area contributed by atoms with Crippen molar-refractivity contribution >= 4 is 35.2 Å². The van der Waals surface area contributed by atoms with Crippen molar-refractivity contribution in [2.24, 2.45) is 0 Å². The van der Waals surface area contributed by atoms with E-state index in [0.717, 1.165) is 5.56 Å². The van der Waals surface area contributed by atoms with Crippen molar-refractivity contribution in [3.8, 4) is 5.75 Å². The van der Waals surface area contributed by atoms with Gasteiger partial charge in [-0.15, -0.1) is 0 Å². The maximum Gasteiger partial charge on any atom is 0.276 e. The number of rotatable bonds is 5. The van der Waals surface area contributed by atoms with Gasteiger partial charge in [0.05, 0.1) is 0 Å². The smallest absolute Gasteiger partial charge is 0.276 e. The maximum absolute atomic E-state index is 12.8. The maximum atomic E-state index is 12.8. The molecule has 6 nitrogen and oxygen atoms in total. The van der Waals surface area contributed by atoms with Crippen molar-refractivity contribution < 1.29 is 18.7 Å². The predicted molar refractivity (Wildman–Crippen MR) is 104 cm³/mol. The Morgan fingerprint density at radius 3 is 2.59 bits per heavy atom. The Hall–Kier alpha value is -3.26. The molecule has 0 aliphatic carbocycles. The zero-order valence-electron chi connectivity index (χ0n) is 14.5. The third kappa shape index (κ3) is 7.66. The van der Waals surface area contributed by atoms with Crippen LogP contribution >= 0.6 is 12.2 Å². The van der Waals surface area contributed by atoms with Gasteiger partial charge < -0.3 is 4.74 Å². The minimum Gasteiger partial charge on any atom is -0.484 e. The summed E-state index contributed by atoms with van der Waals surface area (Å²) in [4.78, 5) is 23.5. The van der Waals surface area contributed by atoms with Gasteiger partial charge in [0.1, 0.15) is 11.6 Å². The highest BCUT2D eigenvalue weighted by molar-refractivity contribution is 7.80. The molecule has 140 valence electrons. The number of hydrogen-bond acceptors (Lipinski definition) is 4. The molecule has 0 saturated carbocycles. The molecule has 3 N–H and O–H groups in total. The molecule has 0 unspecified atom stereocenters. The standard InChI is InChI=1S/C19H18FN3O3S/c1-13-3-2-4-16(11-13)26-12-18(25)22-23-19(27)21-17(24)10-7-14-5-8-15(20)9-6-14/h2-11H,12H2,1H3,(H,22,25)(H2,21,23,24,27)/b10-7+. The van der Waals surface area contributed by atoms with Crippen molar-refractivity contribution in [3.05, 3.63) is 71.6 Å². The number of benzene rings is 2. The van der Waals surface area contributed by atoms with Crippen LogP contribution in [0.15, 0.2) is 54.6 Å². The average molecular weight is 387 g/mol. The summed E-state index contributed by atoms with van der Waals surface area (Å²) in [7, 11) is 0. The van der Waals surface area contributed by atoms with Gasteiger partial charge in [-0.1, -0.05) is 24.3 Å². The minimum atomic E-state index is -0.498. The zero-order chi connectivity index (χ0) is 19.6. The number of ether oxygens (including phenoxy) is 1. The first kappa shape index (κ1) is 20.1. The molecule has 2 rings (SSSR count). The lowest BCUT2D eigenvalue weighted by molar-refractivity contribution is -0.123. The fraction of sp³-hybridized carbons (Fsp3) is 0.105. The highest BCUT2D eigenvalue weighted by atomic mass is 32.1. The molecular weight excluding hydrogens is 369 g/mol. The molecule has 0 radical (unpaired) electrons. The molecule has 27 heavy (non-hydrogen) atoms. The van der Waals surface area contributed by atoms with E-state index in [-0.39, 0.29) is 17.5 Å². The zero-order valence-corrected chi connectivity index (χ0v) is 15.3. The Morgan fingerprint density at radius 1 is 1.15 bits per heavy atom. The monoisotopic (exact) mass is 387 g/mol. The summed E-state index contributed by atoms with van der Waals surface area (Å²) in [6.45, 7) is 1.71. The number of hydrogen-bond donors (Lipinski definition) is 3. The summed E-state index contributed by atoms with van der Waals surface area (Å²) >= 11 is 4.91. The lowest BCUT2D eigenvalue weighted by atomic mass is 10.2. The molecule has 2 amide bonds. The van der Waals surface area contributed by atoms with Gasteiger partial charge in [-0.05, 0) is 60.6 Å². The summed E-state index contributed by atoms with van der Waals surface area (Å²) in [6, 6.07) is 12.9. The lowest BCUT2D eigenvalue weighted by Gasteiger charge is -2.10. The van der Waals surface area contributed by atoms with Crippen LogP contribution in [0.5, 0.6) is 5.75 Å². The number of hydrazine groups is 1. The van der Waals surface area contributed by atoms with E-state index in [1.54, 1.807) is 12.1 Å². The van der Waals surface area contributed by atoms with Crippen LogP contribution in [-0.2, 0) is 9.59 Å². The Labute approximate surface area is 161 Å². The molecule has 0 aliphatic heterocycles.